The Morgan fingerprint density at radius 3 is 2.42 bits per heavy atom. The van der Waals surface area contributed by atoms with Crippen LogP contribution in [0.25, 0.3) is 0 Å². The van der Waals surface area contributed by atoms with Gasteiger partial charge in [-0.05, 0) is 56.0 Å². The predicted molar refractivity (Wildman–Crippen MR) is 93.6 cm³/mol. The smallest absolute Gasteiger partial charge is 0.261 e. The maximum Gasteiger partial charge on any atom is 0.261 e. The zero-order valence-electron chi connectivity index (χ0n) is 14.2. The maximum atomic E-state index is 12.8. The summed E-state index contributed by atoms with van der Waals surface area (Å²) in [6, 6.07) is 14.1. The fourth-order valence-corrected chi connectivity index (χ4v) is 2.37. The highest BCUT2D eigenvalue weighted by Gasteiger charge is 2.17. The number of halogens is 1. The normalized spacial score (nSPS) is 11.8. The van der Waals surface area contributed by atoms with Crippen molar-refractivity contribution >= 4 is 5.91 Å². The van der Waals surface area contributed by atoms with Crippen molar-refractivity contribution in [2.45, 2.75) is 39.2 Å². The number of hydrogen-bond acceptors (Lipinski definition) is 2. The molecule has 1 N–H and O–H groups in total. The van der Waals surface area contributed by atoms with Gasteiger partial charge in [0.1, 0.15) is 11.6 Å². The number of rotatable bonds is 8. The second kappa shape index (κ2) is 9.06. The molecule has 0 radical (unpaired) electrons. The lowest BCUT2D eigenvalue weighted by Crippen LogP contribution is -2.38. The van der Waals surface area contributed by atoms with Gasteiger partial charge in [0.15, 0.2) is 6.10 Å². The van der Waals surface area contributed by atoms with Crippen LogP contribution in [-0.2, 0) is 11.2 Å². The Kier molecular flexibility index (Phi) is 6.79. The molecule has 0 fully saturated rings. The van der Waals surface area contributed by atoms with Gasteiger partial charge in [-0.25, -0.2) is 4.39 Å². The Morgan fingerprint density at radius 1 is 1.12 bits per heavy atom. The molecule has 0 saturated heterocycles. The van der Waals surface area contributed by atoms with E-state index in [1.807, 2.05) is 38.1 Å². The van der Waals surface area contributed by atoms with E-state index >= 15 is 0 Å². The summed E-state index contributed by atoms with van der Waals surface area (Å²) in [5.74, 6) is 0.372. The van der Waals surface area contributed by atoms with Gasteiger partial charge < -0.3 is 10.1 Å². The summed E-state index contributed by atoms with van der Waals surface area (Å²) < 4.78 is 18.6. The van der Waals surface area contributed by atoms with Gasteiger partial charge in [-0.1, -0.05) is 36.8 Å². The number of carbonyl (C=O) groups excluding carboxylic acids is 1. The molecule has 0 bridgehead atoms. The van der Waals surface area contributed by atoms with Crippen LogP contribution in [0, 0.1) is 12.7 Å². The summed E-state index contributed by atoms with van der Waals surface area (Å²) in [4.78, 5) is 12.2. The first kappa shape index (κ1) is 18.0. The molecule has 2 aromatic rings. The van der Waals surface area contributed by atoms with Gasteiger partial charge in [0, 0.05) is 6.54 Å². The Labute approximate surface area is 142 Å². The molecule has 4 heteroatoms. The van der Waals surface area contributed by atoms with Crippen molar-refractivity contribution in [2.24, 2.45) is 0 Å². The van der Waals surface area contributed by atoms with Gasteiger partial charge in [-0.2, -0.15) is 0 Å². The SMILES string of the molecule is CCC(Oc1ccc(C)cc1)C(=O)NCCCc1ccc(F)cc1. The van der Waals surface area contributed by atoms with E-state index < -0.39 is 6.10 Å². The van der Waals surface area contributed by atoms with Crippen LogP contribution in [0.15, 0.2) is 48.5 Å². The Balaban J connectivity index is 1.75. The van der Waals surface area contributed by atoms with E-state index in [9.17, 15) is 9.18 Å². The topological polar surface area (TPSA) is 38.3 Å². The van der Waals surface area contributed by atoms with Crippen LogP contribution in [0.1, 0.15) is 30.9 Å². The summed E-state index contributed by atoms with van der Waals surface area (Å²) in [6.07, 6.45) is 1.73. The Morgan fingerprint density at radius 2 is 1.79 bits per heavy atom. The minimum atomic E-state index is -0.487. The molecule has 128 valence electrons. The molecule has 0 aliphatic heterocycles. The second-order valence-corrected chi connectivity index (χ2v) is 5.85. The van der Waals surface area contributed by atoms with E-state index in [-0.39, 0.29) is 11.7 Å². The van der Waals surface area contributed by atoms with Crippen LogP contribution in [0.4, 0.5) is 4.39 Å². The average molecular weight is 329 g/mol. The van der Waals surface area contributed by atoms with Crippen molar-refractivity contribution in [2.75, 3.05) is 6.54 Å². The minimum Gasteiger partial charge on any atom is -0.481 e. The standard InChI is InChI=1S/C20H24FNO2/c1-3-19(24-18-12-6-15(2)7-13-18)20(23)22-14-4-5-16-8-10-17(21)11-9-16/h6-13,19H,3-5,14H2,1-2H3,(H,22,23). The van der Waals surface area contributed by atoms with Crippen molar-refractivity contribution < 1.29 is 13.9 Å². The third kappa shape index (κ3) is 5.69. The molecule has 24 heavy (non-hydrogen) atoms. The fourth-order valence-electron chi connectivity index (χ4n) is 2.37. The van der Waals surface area contributed by atoms with E-state index in [1.165, 1.54) is 12.1 Å². The van der Waals surface area contributed by atoms with Crippen LogP contribution in [-0.4, -0.2) is 18.6 Å². The number of carbonyl (C=O) groups is 1. The van der Waals surface area contributed by atoms with Crippen molar-refractivity contribution in [1.29, 1.82) is 0 Å². The maximum absolute atomic E-state index is 12.8. The number of nitrogens with one attached hydrogen (secondary N) is 1. The number of amides is 1. The highest BCUT2D eigenvalue weighted by atomic mass is 19.1. The first-order valence-corrected chi connectivity index (χ1v) is 8.34. The Bertz CT molecular complexity index is 638. The molecule has 0 aliphatic rings. The average Bonchev–Trinajstić information content (AvgIpc) is 2.59. The lowest BCUT2D eigenvalue weighted by molar-refractivity contribution is -0.128. The number of aryl methyl sites for hydroxylation is 2. The van der Waals surface area contributed by atoms with Gasteiger partial charge in [0.2, 0.25) is 0 Å². The molecule has 1 atom stereocenters. The quantitative estimate of drug-likeness (QED) is 0.742. The highest BCUT2D eigenvalue weighted by Crippen LogP contribution is 2.14. The van der Waals surface area contributed by atoms with E-state index in [1.54, 1.807) is 12.1 Å². The lowest BCUT2D eigenvalue weighted by atomic mass is 10.1. The van der Waals surface area contributed by atoms with Gasteiger partial charge >= 0.3 is 0 Å². The predicted octanol–water partition coefficient (Wildman–Crippen LogP) is 4.04. The molecular formula is C20H24FNO2. The van der Waals surface area contributed by atoms with Gasteiger partial charge in [-0.15, -0.1) is 0 Å². The fraction of sp³-hybridized carbons (Fsp3) is 0.350. The Hall–Kier alpha value is -2.36. The molecule has 0 aliphatic carbocycles. The molecular weight excluding hydrogens is 305 g/mol. The van der Waals surface area contributed by atoms with Gasteiger partial charge in [0.05, 0.1) is 0 Å². The van der Waals surface area contributed by atoms with Crippen molar-refractivity contribution in [3.05, 3.63) is 65.5 Å². The first-order valence-electron chi connectivity index (χ1n) is 8.34. The van der Waals surface area contributed by atoms with Crippen LogP contribution in [0.5, 0.6) is 5.75 Å². The van der Waals surface area contributed by atoms with E-state index in [0.29, 0.717) is 18.7 Å². The first-order chi connectivity index (χ1) is 11.6. The summed E-state index contributed by atoms with van der Waals surface area (Å²) in [5, 5.41) is 2.91. The molecule has 1 amide bonds. The number of hydrogen-bond donors (Lipinski definition) is 1. The van der Waals surface area contributed by atoms with Crippen molar-refractivity contribution in [1.82, 2.24) is 5.32 Å². The van der Waals surface area contributed by atoms with Crippen LogP contribution >= 0.6 is 0 Å². The monoisotopic (exact) mass is 329 g/mol. The zero-order chi connectivity index (χ0) is 17.4. The third-order valence-electron chi connectivity index (χ3n) is 3.82. The number of benzene rings is 2. The molecule has 1 unspecified atom stereocenters. The largest absolute Gasteiger partial charge is 0.481 e. The van der Waals surface area contributed by atoms with Crippen LogP contribution < -0.4 is 10.1 Å². The van der Waals surface area contributed by atoms with E-state index in [2.05, 4.69) is 5.32 Å². The summed E-state index contributed by atoms with van der Waals surface area (Å²) in [7, 11) is 0. The summed E-state index contributed by atoms with van der Waals surface area (Å²) in [5.41, 5.74) is 2.22. The van der Waals surface area contributed by atoms with Gasteiger partial charge in [-0.3, -0.25) is 4.79 Å². The molecule has 0 spiro atoms. The highest BCUT2D eigenvalue weighted by molar-refractivity contribution is 5.81. The number of ether oxygens (including phenoxy) is 1. The van der Waals surface area contributed by atoms with Crippen LogP contribution in [0.2, 0.25) is 0 Å². The molecule has 3 nitrogen and oxygen atoms in total. The third-order valence-corrected chi connectivity index (χ3v) is 3.82. The van der Waals surface area contributed by atoms with Gasteiger partial charge in [0.25, 0.3) is 5.91 Å². The lowest BCUT2D eigenvalue weighted by Gasteiger charge is -2.17. The second-order valence-electron chi connectivity index (χ2n) is 5.85. The van der Waals surface area contributed by atoms with Crippen molar-refractivity contribution in [3.63, 3.8) is 0 Å². The summed E-state index contributed by atoms with van der Waals surface area (Å²) >= 11 is 0. The molecule has 0 saturated carbocycles. The van der Waals surface area contributed by atoms with E-state index in [4.69, 9.17) is 4.74 Å². The molecule has 0 heterocycles. The zero-order valence-corrected chi connectivity index (χ0v) is 14.2. The van der Waals surface area contributed by atoms with Crippen molar-refractivity contribution in [3.8, 4) is 5.75 Å². The molecule has 2 aromatic carbocycles. The molecule has 0 aromatic heterocycles. The minimum absolute atomic E-state index is 0.0998. The van der Waals surface area contributed by atoms with Crippen LogP contribution in [0.3, 0.4) is 0 Å². The van der Waals surface area contributed by atoms with E-state index in [0.717, 1.165) is 24.0 Å². The summed E-state index contributed by atoms with van der Waals surface area (Å²) in [6.45, 7) is 4.51. The molecule has 2 rings (SSSR count).